The maximum absolute atomic E-state index is 11.7. The summed E-state index contributed by atoms with van der Waals surface area (Å²) in [6.07, 6.45) is 1.44. The SMILES string of the molecule is COc1ccc(CCCC(=O)NCC(C)(O)C(=O)O)c(OC)c1. The average molecular weight is 325 g/mol. The molecule has 7 heteroatoms. The smallest absolute Gasteiger partial charge is 0.337 e. The Bertz CT molecular complexity index is 556. The zero-order valence-corrected chi connectivity index (χ0v) is 13.6. The predicted molar refractivity (Wildman–Crippen MR) is 83.8 cm³/mol. The molecule has 1 rings (SSSR count). The van der Waals surface area contributed by atoms with Crippen molar-refractivity contribution in [1.82, 2.24) is 5.32 Å². The van der Waals surface area contributed by atoms with Crippen LogP contribution in [0.1, 0.15) is 25.3 Å². The van der Waals surface area contributed by atoms with Crippen molar-refractivity contribution in [1.29, 1.82) is 0 Å². The molecule has 0 saturated heterocycles. The minimum absolute atomic E-state index is 0.227. The number of carboxylic acids is 1. The molecule has 128 valence electrons. The summed E-state index contributed by atoms with van der Waals surface area (Å²) in [5.74, 6) is -0.294. The third-order valence-corrected chi connectivity index (χ3v) is 3.43. The van der Waals surface area contributed by atoms with Crippen LogP contribution in [0, 0.1) is 0 Å². The highest BCUT2D eigenvalue weighted by molar-refractivity contribution is 5.80. The zero-order valence-electron chi connectivity index (χ0n) is 13.6. The number of rotatable bonds is 9. The second-order valence-electron chi connectivity index (χ2n) is 5.39. The third-order valence-electron chi connectivity index (χ3n) is 3.43. The highest BCUT2D eigenvalue weighted by atomic mass is 16.5. The molecule has 0 aromatic heterocycles. The molecule has 1 unspecified atom stereocenters. The first kappa shape index (κ1) is 18.8. The number of benzene rings is 1. The van der Waals surface area contributed by atoms with E-state index in [0.29, 0.717) is 24.3 Å². The number of carbonyl (C=O) groups is 2. The van der Waals surface area contributed by atoms with Gasteiger partial charge in [-0.15, -0.1) is 0 Å². The van der Waals surface area contributed by atoms with Crippen molar-refractivity contribution in [3.63, 3.8) is 0 Å². The molecule has 0 aliphatic heterocycles. The fourth-order valence-corrected chi connectivity index (χ4v) is 1.93. The molecule has 0 aliphatic carbocycles. The highest BCUT2D eigenvalue weighted by Crippen LogP contribution is 2.25. The lowest BCUT2D eigenvalue weighted by molar-refractivity contribution is -0.156. The molecule has 23 heavy (non-hydrogen) atoms. The van der Waals surface area contributed by atoms with Gasteiger partial charge in [-0.3, -0.25) is 4.79 Å². The lowest BCUT2D eigenvalue weighted by Gasteiger charge is -2.18. The van der Waals surface area contributed by atoms with Gasteiger partial charge in [0.05, 0.1) is 20.8 Å². The quantitative estimate of drug-likeness (QED) is 0.625. The van der Waals surface area contributed by atoms with Gasteiger partial charge in [0.2, 0.25) is 5.91 Å². The van der Waals surface area contributed by atoms with Crippen molar-refractivity contribution in [3.05, 3.63) is 23.8 Å². The monoisotopic (exact) mass is 325 g/mol. The standard InChI is InChI=1S/C16H23NO6/c1-16(21,15(19)20)10-17-14(18)6-4-5-11-7-8-12(22-2)9-13(11)23-3/h7-9,21H,4-6,10H2,1-3H3,(H,17,18)(H,19,20). The Morgan fingerprint density at radius 3 is 2.52 bits per heavy atom. The van der Waals surface area contributed by atoms with Crippen LogP contribution in [0.5, 0.6) is 11.5 Å². The second kappa shape index (κ2) is 8.38. The van der Waals surface area contributed by atoms with Crippen LogP contribution < -0.4 is 14.8 Å². The van der Waals surface area contributed by atoms with Crippen molar-refractivity contribution in [2.75, 3.05) is 20.8 Å². The Morgan fingerprint density at radius 2 is 1.96 bits per heavy atom. The summed E-state index contributed by atoms with van der Waals surface area (Å²) in [6, 6.07) is 5.48. The molecule has 0 saturated carbocycles. The Kier molecular flexibility index (Phi) is 6.84. The van der Waals surface area contributed by atoms with Crippen LogP contribution in [0.2, 0.25) is 0 Å². The summed E-state index contributed by atoms with van der Waals surface area (Å²) in [5.41, 5.74) is -1.01. The first-order valence-corrected chi connectivity index (χ1v) is 7.23. The molecule has 7 nitrogen and oxygen atoms in total. The lowest BCUT2D eigenvalue weighted by atomic mass is 10.1. The fourth-order valence-electron chi connectivity index (χ4n) is 1.93. The largest absolute Gasteiger partial charge is 0.497 e. The number of amides is 1. The normalized spacial score (nSPS) is 13.0. The van der Waals surface area contributed by atoms with Crippen LogP contribution in [0.3, 0.4) is 0 Å². The van der Waals surface area contributed by atoms with Crippen molar-refractivity contribution in [2.24, 2.45) is 0 Å². The van der Waals surface area contributed by atoms with E-state index in [0.717, 1.165) is 12.5 Å². The van der Waals surface area contributed by atoms with E-state index < -0.39 is 11.6 Å². The van der Waals surface area contributed by atoms with E-state index in [2.05, 4.69) is 5.32 Å². The fraction of sp³-hybridized carbons (Fsp3) is 0.500. The molecule has 3 N–H and O–H groups in total. The molecule has 0 bridgehead atoms. The first-order valence-electron chi connectivity index (χ1n) is 7.23. The van der Waals surface area contributed by atoms with Crippen molar-refractivity contribution in [2.45, 2.75) is 31.8 Å². The van der Waals surface area contributed by atoms with E-state index >= 15 is 0 Å². The molecule has 1 amide bonds. The Labute approximate surface area is 135 Å². The number of hydrogen-bond donors (Lipinski definition) is 3. The van der Waals surface area contributed by atoms with Gasteiger partial charge >= 0.3 is 5.97 Å². The number of carbonyl (C=O) groups excluding carboxylic acids is 1. The highest BCUT2D eigenvalue weighted by Gasteiger charge is 2.30. The molecule has 0 spiro atoms. The minimum Gasteiger partial charge on any atom is -0.497 e. The molecular formula is C16H23NO6. The minimum atomic E-state index is -1.96. The zero-order chi connectivity index (χ0) is 17.5. The van der Waals surface area contributed by atoms with Crippen LogP contribution in [-0.4, -0.2) is 48.5 Å². The summed E-state index contributed by atoms with van der Waals surface area (Å²) in [6.45, 7) is 0.810. The molecule has 0 fully saturated rings. The first-order chi connectivity index (χ1) is 10.8. The molecular weight excluding hydrogens is 302 g/mol. The van der Waals surface area contributed by atoms with Gasteiger partial charge in [-0.1, -0.05) is 6.07 Å². The van der Waals surface area contributed by atoms with E-state index in [-0.39, 0.29) is 18.9 Å². The van der Waals surface area contributed by atoms with Gasteiger partial charge < -0.3 is 25.0 Å². The van der Waals surface area contributed by atoms with Gasteiger partial charge in [0, 0.05) is 12.5 Å². The number of aliphatic carboxylic acids is 1. The number of methoxy groups -OCH3 is 2. The van der Waals surface area contributed by atoms with Crippen LogP contribution in [0.4, 0.5) is 0 Å². The number of nitrogens with one attached hydrogen (secondary N) is 1. The Balaban J connectivity index is 2.45. The van der Waals surface area contributed by atoms with Crippen molar-refractivity contribution >= 4 is 11.9 Å². The van der Waals surface area contributed by atoms with E-state index in [9.17, 15) is 14.7 Å². The summed E-state index contributed by atoms with van der Waals surface area (Å²) in [4.78, 5) is 22.4. The molecule has 1 aromatic carbocycles. The topological polar surface area (TPSA) is 105 Å². The molecule has 1 aromatic rings. The molecule has 0 aliphatic rings. The number of hydrogen-bond acceptors (Lipinski definition) is 5. The average Bonchev–Trinajstić information content (AvgIpc) is 2.53. The van der Waals surface area contributed by atoms with Crippen LogP contribution in [0.15, 0.2) is 18.2 Å². The molecule has 0 heterocycles. The molecule has 1 atom stereocenters. The van der Waals surface area contributed by atoms with E-state index in [4.69, 9.17) is 14.6 Å². The molecule has 0 radical (unpaired) electrons. The van der Waals surface area contributed by atoms with E-state index in [1.54, 1.807) is 20.3 Å². The van der Waals surface area contributed by atoms with Crippen LogP contribution >= 0.6 is 0 Å². The maximum atomic E-state index is 11.7. The van der Waals surface area contributed by atoms with E-state index in [1.165, 1.54) is 0 Å². The second-order valence-corrected chi connectivity index (χ2v) is 5.39. The van der Waals surface area contributed by atoms with Gasteiger partial charge in [-0.25, -0.2) is 4.79 Å². The lowest BCUT2D eigenvalue weighted by Crippen LogP contribution is -2.46. The van der Waals surface area contributed by atoms with Gasteiger partial charge in [0.1, 0.15) is 11.5 Å². The summed E-state index contributed by atoms with van der Waals surface area (Å²) < 4.78 is 10.4. The predicted octanol–water partition coefficient (Wildman–Crippen LogP) is 0.978. The summed E-state index contributed by atoms with van der Waals surface area (Å²) in [7, 11) is 3.14. The number of aliphatic hydroxyl groups is 1. The summed E-state index contributed by atoms with van der Waals surface area (Å²) in [5, 5.41) is 20.7. The number of aryl methyl sites for hydroxylation is 1. The van der Waals surface area contributed by atoms with E-state index in [1.807, 2.05) is 12.1 Å². The van der Waals surface area contributed by atoms with Gasteiger partial charge in [0.25, 0.3) is 0 Å². The number of carboxylic acid groups (broad SMARTS) is 1. The Hall–Kier alpha value is -2.28. The van der Waals surface area contributed by atoms with Gasteiger partial charge in [-0.2, -0.15) is 0 Å². The maximum Gasteiger partial charge on any atom is 0.337 e. The Morgan fingerprint density at radius 1 is 1.26 bits per heavy atom. The van der Waals surface area contributed by atoms with Crippen LogP contribution in [-0.2, 0) is 16.0 Å². The van der Waals surface area contributed by atoms with Gasteiger partial charge in [0.15, 0.2) is 5.60 Å². The van der Waals surface area contributed by atoms with Gasteiger partial charge in [-0.05, 0) is 31.4 Å². The summed E-state index contributed by atoms with van der Waals surface area (Å²) >= 11 is 0. The number of ether oxygens (including phenoxy) is 2. The third kappa shape index (κ3) is 5.78. The van der Waals surface area contributed by atoms with Crippen LogP contribution in [0.25, 0.3) is 0 Å². The van der Waals surface area contributed by atoms with Crippen molar-refractivity contribution in [3.8, 4) is 11.5 Å². The van der Waals surface area contributed by atoms with Crippen molar-refractivity contribution < 1.29 is 29.3 Å².